The van der Waals surface area contributed by atoms with E-state index in [2.05, 4.69) is 19.2 Å². The smallest absolute Gasteiger partial charge is 0.223 e. The minimum atomic E-state index is -1.03. The summed E-state index contributed by atoms with van der Waals surface area (Å²) in [6.07, 6.45) is -2.67. The van der Waals surface area contributed by atoms with Gasteiger partial charge in [-0.2, -0.15) is 0 Å². The molecule has 2 aromatic carbocycles. The second-order valence-electron chi connectivity index (χ2n) is 8.43. The van der Waals surface area contributed by atoms with Crippen molar-refractivity contribution in [2.24, 2.45) is 0 Å². The summed E-state index contributed by atoms with van der Waals surface area (Å²) in [7, 11) is 0. The topological polar surface area (TPSA) is 86.2 Å². The lowest BCUT2D eigenvalue weighted by Crippen LogP contribution is -2.67. The first-order chi connectivity index (χ1) is 15.5. The van der Waals surface area contributed by atoms with Gasteiger partial charge in [-0.1, -0.05) is 56.3 Å². The number of carbonyl (C=O) groups is 1. The third-order valence-electron chi connectivity index (χ3n) is 6.12. The van der Waals surface area contributed by atoms with Crippen molar-refractivity contribution in [3.8, 4) is 5.75 Å². The number of carbonyl (C=O) groups excluding carboxylic acids is 1. The molecule has 1 amide bonds. The van der Waals surface area contributed by atoms with Crippen LogP contribution in [0, 0.1) is 0 Å². The predicted molar refractivity (Wildman–Crippen MR) is 118 cm³/mol. The molecule has 0 aliphatic carbocycles. The second kappa shape index (κ2) is 10.0. The van der Waals surface area contributed by atoms with Crippen LogP contribution in [0.2, 0.25) is 0 Å². The quantitative estimate of drug-likeness (QED) is 0.716. The maximum atomic E-state index is 11.9. The van der Waals surface area contributed by atoms with Gasteiger partial charge in [0.05, 0.1) is 6.61 Å². The van der Waals surface area contributed by atoms with Crippen molar-refractivity contribution in [3.63, 3.8) is 0 Å². The fourth-order valence-corrected chi connectivity index (χ4v) is 4.11. The van der Waals surface area contributed by atoms with E-state index in [1.165, 1.54) is 12.5 Å². The van der Waals surface area contributed by atoms with Gasteiger partial charge in [-0.15, -0.1) is 0 Å². The largest absolute Gasteiger partial charge is 0.463 e. The first-order valence-corrected chi connectivity index (χ1v) is 11.2. The van der Waals surface area contributed by atoms with Gasteiger partial charge in [-0.25, -0.2) is 0 Å². The number of nitrogens with one attached hydrogen (secondary N) is 1. The van der Waals surface area contributed by atoms with Crippen molar-refractivity contribution in [3.05, 3.63) is 65.7 Å². The van der Waals surface area contributed by atoms with E-state index in [1.807, 2.05) is 54.6 Å². The van der Waals surface area contributed by atoms with E-state index in [4.69, 9.17) is 18.9 Å². The van der Waals surface area contributed by atoms with Gasteiger partial charge in [-0.05, 0) is 30.0 Å². The molecule has 2 heterocycles. The summed E-state index contributed by atoms with van der Waals surface area (Å²) in [5.41, 5.74) is 2.08. The van der Waals surface area contributed by atoms with Gasteiger partial charge in [0.25, 0.3) is 0 Å². The fourth-order valence-electron chi connectivity index (χ4n) is 4.11. The van der Waals surface area contributed by atoms with Crippen molar-refractivity contribution >= 4 is 5.91 Å². The molecule has 7 heteroatoms. The number of ether oxygens (including phenoxy) is 4. The summed E-state index contributed by atoms with van der Waals surface area (Å²) in [4.78, 5) is 11.9. The lowest BCUT2D eigenvalue weighted by molar-refractivity contribution is -0.333. The highest BCUT2D eigenvalue weighted by molar-refractivity contribution is 5.73. The average Bonchev–Trinajstić information content (AvgIpc) is 2.82. The Morgan fingerprint density at radius 3 is 2.53 bits per heavy atom. The molecule has 0 bridgehead atoms. The van der Waals surface area contributed by atoms with Crippen molar-refractivity contribution in [2.45, 2.75) is 70.0 Å². The number of fused-ring (bicyclic) bond motifs is 1. The molecule has 2 fully saturated rings. The molecule has 0 unspecified atom stereocenters. The average molecular weight is 442 g/mol. The summed E-state index contributed by atoms with van der Waals surface area (Å²) in [5.74, 6) is 0.769. The van der Waals surface area contributed by atoms with Crippen LogP contribution in [-0.4, -0.2) is 48.3 Å². The first-order valence-electron chi connectivity index (χ1n) is 11.2. The third-order valence-corrected chi connectivity index (χ3v) is 6.12. The summed E-state index contributed by atoms with van der Waals surface area (Å²) in [5, 5.41) is 13.9. The number of amides is 1. The molecule has 172 valence electrons. The fraction of sp³-hybridized carbons (Fsp3) is 0.480. The minimum Gasteiger partial charge on any atom is -0.463 e. The molecule has 0 saturated carbocycles. The molecule has 32 heavy (non-hydrogen) atoms. The molecule has 2 aliphatic rings. The lowest BCUT2D eigenvalue weighted by atomic mass is 9.95. The van der Waals surface area contributed by atoms with Gasteiger partial charge in [0, 0.05) is 12.5 Å². The van der Waals surface area contributed by atoms with E-state index in [0.717, 1.165) is 12.0 Å². The van der Waals surface area contributed by atoms with E-state index < -0.39 is 36.9 Å². The van der Waals surface area contributed by atoms with E-state index in [9.17, 15) is 9.90 Å². The predicted octanol–water partition coefficient (Wildman–Crippen LogP) is 3.28. The number of hydrogen-bond donors (Lipinski definition) is 2. The highest BCUT2D eigenvalue weighted by atomic mass is 16.7. The van der Waals surface area contributed by atoms with E-state index in [0.29, 0.717) is 11.7 Å². The van der Waals surface area contributed by atoms with Crippen LogP contribution in [0.3, 0.4) is 0 Å². The molecule has 7 nitrogen and oxygen atoms in total. The van der Waals surface area contributed by atoms with Gasteiger partial charge < -0.3 is 29.4 Å². The zero-order valence-corrected chi connectivity index (χ0v) is 18.6. The van der Waals surface area contributed by atoms with Crippen molar-refractivity contribution in [2.75, 3.05) is 6.61 Å². The first kappa shape index (κ1) is 22.7. The van der Waals surface area contributed by atoms with Crippen LogP contribution in [-0.2, 0) is 19.0 Å². The monoisotopic (exact) mass is 441 g/mol. The molecule has 7 atom stereocenters. The Hall–Kier alpha value is -2.45. The Labute approximate surface area is 188 Å². The summed E-state index contributed by atoms with van der Waals surface area (Å²) in [6, 6.07) is 16.5. The third kappa shape index (κ3) is 4.96. The molecule has 0 radical (unpaired) electrons. The molecule has 0 spiro atoms. The lowest BCUT2D eigenvalue weighted by Gasteiger charge is -2.47. The molecule has 2 aliphatic heterocycles. The van der Waals surface area contributed by atoms with Crippen LogP contribution in [0.15, 0.2) is 54.6 Å². The summed E-state index contributed by atoms with van der Waals surface area (Å²) < 4.78 is 24.1. The van der Waals surface area contributed by atoms with Crippen molar-refractivity contribution in [1.29, 1.82) is 0 Å². The van der Waals surface area contributed by atoms with E-state index >= 15 is 0 Å². The summed E-state index contributed by atoms with van der Waals surface area (Å²) >= 11 is 0. The van der Waals surface area contributed by atoms with E-state index in [-0.39, 0.29) is 12.5 Å². The summed E-state index contributed by atoms with van der Waals surface area (Å²) in [6.45, 7) is 5.96. The molecular weight excluding hydrogens is 410 g/mol. The Morgan fingerprint density at radius 2 is 1.88 bits per heavy atom. The number of benzene rings is 2. The molecular formula is C25H31NO6. The Kier molecular flexibility index (Phi) is 7.10. The molecule has 4 rings (SSSR count). The molecule has 2 N–H and O–H groups in total. The SMILES string of the molecule is CC[C@@H](C)c1ccc(O[C@@H]2O[C@@H]3CO[C@@H](c4ccccc4)O[C@H]3[C@H](O)[C@H]2NC(C)=O)cc1. The Balaban J connectivity index is 1.50. The second-order valence-corrected chi connectivity index (χ2v) is 8.43. The van der Waals surface area contributed by atoms with E-state index in [1.54, 1.807) is 0 Å². The van der Waals surface area contributed by atoms with Gasteiger partial charge in [0.1, 0.15) is 30.1 Å². The van der Waals surface area contributed by atoms with Gasteiger partial charge in [0.2, 0.25) is 12.2 Å². The number of rotatable bonds is 6. The van der Waals surface area contributed by atoms with Crippen LogP contribution in [0.5, 0.6) is 5.75 Å². The van der Waals surface area contributed by atoms with Crippen LogP contribution < -0.4 is 10.1 Å². The maximum Gasteiger partial charge on any atom is 0.223 e. The Morgan fingerprint density at radius 1 is 1.16 bits per heavy atom. The zero-order valence-electron chi connectivity index (χ0n) is 18.6. The standard InChI is InChI=1S/C25H31NO6/c1-4-15(2)17-10-12-19(13-11-17)30-25-21(26-16(3)27)22(28)23-20(31-25)14-29-24(32-23)18-8-6-5-7-9-18/h5-13,15,20-25,28H,4,14H2,1-3H3,(H,26,27)/t15-,20-,21-,22-,23-,24-,25-/m1/s1. The number of aliphatic hydroxyl groups excluding tert-OH is 1. The van der Waals surface area contributed by atoms with Crippen LogP contribution in [0.1, 0.15) is 50.5 Å². The minimum absolute atomic E-state index is 0.237. The highest BCUT2D eigenvalue weighted by Gasteiger charge is 2.50. The molecule has 0 aromatic heterocycles. The highest BCUT2D eigenvalue weighted by Crippen LogP contribution is 2.35. The molecule has 2 aromatic rings. The zero-order chi connectivity index (χ0) is 22.7. The number of hydrogen-bond acceptors (Lipinski definition) is 6. The van der Waals surface area contributed by atoms with Gasteiger partial charge in [0.15, 0.2) is 6.29 Å². The number of aliphatic hydroxyl groups is 1. The maximum absolute atomic E-state index is 11.9. The van der Waals surface area contributed by atoms with Crippen LogP contribution in [0.4, 0.5) is 0 Å². The van der Waals surface area contributed by atoms with Crippen LogP contribution >= 0.6 is 0 Å². The van der Waals surface area contributed by atoms with Crippen molar-refractivity contribution in [1.82, 2.24) is 5.32 Å². The van der Waals surface area contributed by atoms with Crippen LogP contribution in [0.25, 0.3) is 0 Å². The Bertz CT molecular complexity index is 889. The van der Waals surface area contributed by atoms with Crippen molar-refractivity contribution < 1.29 is 28.8 Å². The molecule has 2 saturated heterocycles. The normalized spacial score (nSPS) is 30.8. The van der Waals surface area contributed by atoms with Gasteiger partial charge >= 0.3 is 0 Å². The van der Waals surface area contributed by atoms with Gasteiger partial charge in [-0.3, -0.25) is 4.79 Å².